The van der Waals surface area contributed by atoms with Crippen molar-refractivity contribution in [3.8, 4) is 0 Å². The number of benzene rings is 2. The molecule has 188 valence electrons. The third kappa shape index (κ3) is 8.88. The van der Waals surface area contributed by atoms with Crippen molar-refractivity contribution in [2.45, 2.75) is 110 Å². The maximum absolute atomic E-state index is 13.3. The fourth-order valence-corrected chi connectivity index (χ4v) is 4.41. The van der Waals surface area contributed by atoms with Crippen molar-refractivity contribution in [2.75, 3.05) is 5.32 Å². The molecular weight excluding hydrogens is 422 g/mol. The third-order valence-electron chi connectivity index (χ3n) is 6.47. The van der Waals surface area contributed by atoms with Crippen LogP contribution in [0.25, 0.3) is 0 Å². The van der Waals surface area contributed by atoms with Gasteiger partial charge in [0.1, 0.15) is 0 Å². The Morgan fingerprint density at radius 1 is 0.971 bits per heavy atom. The predicted octanol–water partition coefficient (Wildman–Crippen LogP) is 7.04. The first kappa shape index (κ1) is 28.1. The summed E-state index contributed by atoms with van der Waals surface area (Å²) in [5.74, 6) is 0.129. The Morgan fingerprint density at radius 2 is 1.68 bits per heavy atom. The van der Waals surface area contributed by atoms with Crippen LogP contribution in [-0.4, -0.2) is 22.2 Å². The van der Waals surface area contributed by atoms with Gasteiger partial charge in [0.25, 0.3) is 0 Å². The molecule has 0 aliphatic carbocycles. The van der Waals surface area contributed by atoms with Gasteiger partial charge in [0.2, 0.25) is 5.91 Å². The van der Waals surface area contributed by atoms with Gasteiger partial charge in [-0.3, -0.25) is 4.79 Å². The monoisotopic (exact) mass is 467 g/mol. The first-order valence-electron chi connectivity index (χ1n) is 12.9. The summed E-state index contributed by atoms with van der Waals surface area (Å²) in [5, 5.41) is 22.9. The largest absolute Gasteiger partial charge is 0.393 e. The molecule has 0 aliphatic rings. The lowest BCUT2D eigenvalue weighted by Crippen LogP contribution is -2.21. The molecule has 0 aromatic heterocycles. The number of amides is 1. The number of aryl methyl sites for hydroxylation is 1. The Morgan fingerprint density at radius 3 is 2.29 bits per heavy atom. The minimum atomic E-state index is -0.524. The summed E-state index contributed by atoms with van der Waals surface area (Å²) < 4.78 is 0. The van der Waals surface area contributed by atoms with E-state index < -0.39 is 6.10 Å². The van der Waals surface area contributed by atoms with E-state index in [2.05, 4.69) is 57.3 Å². The Bertz CT molecular complexity index is 912. The average molecular weight is 468 g/mol. The summed E-state index contributed by atoms with van der Waals surface area (Å²) in [6, 6.07) is 14.3. The van der Waals surface area contributed by atoms with Crippen molar-refractivity contribution < 1.29 is 15.0 Å². The number of anilines is 1. The molecule has 0 radical (unpaired) electrons. The Kier molecular flexibility index (Phi) is 10.8. The van der Waals surface area contributed by atoms with Gasteiger partial charge >= 0.3 is 0 Å². The molecule has 0 spiro atoms. The lowest BCUT2D eigenvalue weighted by molar-refractivity contribution is -0.116. The summed E-state index contributed by atoms with van der Waals surface area (Å²) in [6.45, 7) is 12.2. The van der Waals surface area contributed by atoms with E-state index in [1.807, 2.05) is 18.2 Å². The molecule has 2 rings (SSSR count). The molecule has 2 aromatic carbocycles. The standard InChI is InChI=1S/C30H45NO3/c1-7-8-9-11-26(25-13-10-12-24(19-25)22(3)33)20-29(34)31-28-18-23(15-14-21(2)32)16-17-27(28)30(4,5)6/h10,12-13,16-19,21-22,26,32-33H,7-9,11,14-15,20H2,1-6H3,(H,31,34). The number of aliphatic hydroxyl groups is 2. The van der Waals surface area contributed by atoms with Crippen LogP contribution in [0, 0.1) is 0 Å². The summed E-state index contributed by atoms with van der Waals surface area (Å²) in [5.41, 5.74) is 5.00. The molecule has 3 unspecified atom stereocenters. The Labute approximate surface area is 206 Å². The molecule has 4 nitrogen and oxygen atoms in total. The maximum Gasteiger partial charge on any atom is 0.224 e. The summed E-state index contributed by atoms with van der Waals surface area (Å²) in [7, 11) is 0. The van der Waals surface area contributed by atoms with Gasteiger partial charge in [-0.25, -0.2) is 0 Å². The molecule has 0 saturated carbocycles. The van der Waals surface area contributed by atoms with Gasteiger partial charge in [0, 0.05) is 12.1 Å². The van der Waals surface area contributed by atoms with Gasteiger partial charge in [-0.05, 0) is 72.8 Å². The number of unbranched alkanes of at least 4 members (excludes halogenated alkanes) is 2. The second-order valence-corrected chi connectivity index (χ2v) is 10.8. The number of rotatable bonds is 12. The number of nitrogens with one attached hydrogen (secondary N) is 1. The number of hydrogen-bond donors (Lipinski definition) is 3. The fraction of sp³-hybridized carbons (Fsp3) is 0.567. The van der Waals surface area contributed by atoms with Crippen molar-refractivity contribution in [2.24, 2.45) is 0 Å². The van der Waals surface area contributed by atoms with Crippen LogP contribution in [0.5, 0.6) is 0 Å². The molecule has 34 heavy (non-hydrogen) atoms. The summed E-state index contributed by atoms with van der Waals surface area (Å²) in [4.78, 5) is 13.3. The summed E-state index contributed by atoms with van der Waals surface area (Å²) in [6.07, 6.45) is 5.33. The second-order valence-electron chi connectivity index (χ2n) is 10.8. The van der Waals surface area contributed by atoms with Crippen molar-refractivity contribution in [1.29, 1.82) is 0 Å². The van der Waals surface area contributed by atoms with Crippen LogP contribution in [0.1, 0.15) is 114 Å². The lowest BCUT2D eigenvalue weighted by Gasteiger charge is -2.25. The third-order valence-corrected chi connectivity index (χ3v) is 6.47. The highest BCUT2D eigenvalue weighted by Crippen LogP contribution is 2.33. The van der Waals surface area contributed by atoms with E-state index in [9.17, 15) is 15.0 Å². The quantitative estimate of drug-likeness (QED) is 0.293. The normalized spacial score (nSPS) is 14.5. The van der Waals surface area contributed by atoms with Crippen molar-refractivity contribution in [1.82, 2.24) is 0 Å². The molecule has 0 aliphatic heterocycles. The van der Waals surface area contributed by atoms with Crippen molar-refractivity contribution in [3.05, 3.63) is 64.7 Å². The number of hydrogen-bond acceptors (Lipinski definition) is 3. The first-order valence-corrected chi connectivity index (χ1v) is 12.9. The van der Waals surface area contributed by atoms with E-state index in [-0.39, 0.29) is 23.3 Å². The molecule has 0 saturated heterocycles. The minimum Gasteiger partial charge on any atom is -0.393 e. The minimum absolute atomic E-state index is 0.0159. The highest BCUT2D eigenvalue weighted by molar-refractivity contribution is 5.92. The molecule has 2 aromatic rings. The van der Waals surface area contributed by atoms with Crippen LogP contribution in [-0.2, 0) is 16.6 Å². The molecule has 0 heterocycles. The van der Waals surface area contributed by atoms with Crippen LogP contribution < -0.4 is 5.32 Å². The number of carbonyl (C=O) groups is 1. The van der Waals surface area contributed by atoms with E-state index >= 15 is 0 Å². The van der Waals surface area contributed by atoms with Crippen molar-refractivity contribution in [3.63, 3.8) is 0 Å². The van der Waals surface area contributed by atoms with Gasteiger partial charge < -0.3 is 15.5 Å². The highest BCUT2D eigenvalue weighted by atomic mass is 16.3. The average Bonchev–Trinajstić information content (AvgIpc) is 2.76. The van der Waals surface area contributed by atoms with Gasteiger partial charge in [0.15, 0.2) is 0 Å². The van der Waals surface area contributed by atoms with E-state index in [1.165, 1.54) is 0 Å². The van der Waals surface area contributed by atoms with Gasteiger partial charge in [-0.1, -0.05) is 83.4 Å². The Hall–Kier alpha value is -2.17. The molecule has 4 heteroatoms. The smallest absolute Gasteiger partial charge is 0.224 e. The number of carbonyl (C=O) groups excluding carboxylic acids is 1. The van der Waals surface area contributed by atoms with Gasteiger partial charge in [0.05, 0.1) is 12.2 Å². The van der Waals surface area contributed by atoms with Crippen LogP contribution >= 0.6 is 0 Å². The van der Waals surface area contributed by atoms with Crippen molar-refractivity contribution >= 4 is 11.6 Å². The van der Waals surface area contributed by atoms with E-state index in [1.54, 1.807) is 13.8 Å². The molecule has 3 N–H and O–H groups in total. The lowest BCUT2D eigenvalue weighted by atomic mass is 9.84. The first-order chi connectivity index (χ1) is 16.0. The molecular formula is C30H45NO3. The van der Waals surface area contributed by atoms with Gasteiger partial charge in [-0.15, -0.1) is 0 Å². The summed E-state index contributed by atoms with van der Waals surface area (Å²) >= 11 is 0. The van der Waals surface area contributed by atoms with Crippen LogP contribution in [0.4, 0.5) is 5.69 Å². The van der Waals surface area contributed by atoms with Gasteiger partial charge in [-0.2, -0.15) is 0 Å². The van der Waals surface area contributed by atoms with Crippen LogP contribution in [0.2, 0.25) is 0 Å². The van der Waals surface area contributed by atoms with E-state index in [4.69, 9.17) is 0 Å². The fourth-order valence-electron chi connectivity index (χ4n) is 4.41. The van der Waals surface area contributed by atoms with E-state index in [0.717, 1.165) is 60.0 Å². The highest BCUT2D eigenvalue weighted by Gasteiger charge is 2.22. The van der Waals surface area contributed by atoms with E-state index in [0.29, 0.717) is 12.8 Å². The number of aliphatic hydroxyl groups excluding tert-OH is 2. The second kappa shape index (κ2) is 13.1. The Balaban J connectivity index is 2.26. The zero-order valence-electron chi connectivity index (χ0n) is 22.0. The van der Waals surface area contributed by atoms with Crippen LogP contribution in [0.15, 0.2) is 42.5 Å². The topological polar surface area (TPSA) is 69.6 Å². The predicted molar refractivity (Wildman–Crippen MR) is 142 cm³/mol. The van der Waals surface area contributed by atoms with Crippen LogP contribution in [0.3, 0.4) is 0 Å². The molecule has 0 bridgehead atoms. The molecule has 0 fully saturated rings. The maximum atomic E-state index is 13.3. The zero-order valence-corrected chi connectivity index (χ0v) is 22.0. The SMILES string of the molecule is CCCCCC(CC(=O)Nc1cc(CCC(C)O)ccc1C(C)(C)C)c1cccc(C(C)O)c1. The molecule has 3 atom stereocenters. The molecule has 1 amide bonds. The zero-order chi connectivity index (χ0) is 25.3.